The number of halogens is 2. The first-order valence-corrected chi connectivity index (χ1v) is 6.51. The van der Waals surface area contributed by atoms with E-state index in [1.807, 2.05) is 0 Å². The van der Waals surface area contributed by atoms with Crippen LogP contribution in [0.15, 0.2) is 18.2 Å². The first-order valence-electron chi connectivity index (χ1n) is 5.69. The van der Waals surface area contributed by atoms with E-state index < -0.39 is 11.6 Å². The van der Waals surface area contributed by atoms with Crippen LogP contribution < -0.4 is 5.32 Å². The van der Waals surface area contributed by atoms with E-state index in [1.54, 1.807) is 0 Å². The monoisotopic (exact) mass is 269 g/mol. The molecule has 1 heterocycles. The summed E-state index contributed by atoms with van der Waals surface area (Å²) in [6, 6.07) is 3.32. The Balaban J connectivity index is 2.16. The molecule has 0 bridgehead atoms. The molecule has 0 atom stereocenters. The second kappa shape index (κ2) is 5.97. The number of nitrogens with zero attached hydrogens (tertiary/aromatic N) is 2. The molecule has 2 rings (SSSR count). The molecule has 0 radical (unpaired) electrons. The Morgan fingerprint density at radius 2 is 2.11 bits per heavy atom. The van der Waals surface area contributed by atoms with E-state index in [1.165, 1.54) is 11.3 Å². The molecule has 1 aromatic heterocycles. The summed E-state index contributed by atoms with van der Waals surface area (Å²) < 4.78 is 26.6. The summed E-state index contributed by atoms with van der Waals surface area (Å²) in [5.74, 6) is -0.965. The minimum Gasteiger partial charge on any atom is -0.310 e. The van der Waals surface area contributed by atoms with E-state index in [0.717, 1.165) is 36.2 Å². The lowest BCUT2D eigenvalue weighted by molar-refractivity contribution is 0.603. The minimum absolute atomic E-state index is 0.161. The van der Waals surface area contributed by atoms with E-state index in [0.29, 0.717) is 11.6 Å². The Kier molecular flexibility index (Phi) is 4.33. The van der Waals surface area contributed by atoms with Crippen molar-refractivity contribution in [3.8, 4) is 10.6 Å². The summed E-state index contributed by atoms with van der Waals surface area (Å²) >= 11 is 1.27. The first kappa shape index (κ1) is 13.0. The summed E-state index contributed by atoms with van der Waals surface area (Å²) in [7, 11) is 0. The lowest BCUT2D eigenvalue weighted by atomic mass is 10.2. The van der Waals surface area contributed by atoms with Crippen molar-refractivity contribution in [1.82, 2.24) is 15.5 Å². The van der Waals surface area contributed by atoms with Gasteiger partial charge in [0.15, 0.2) is 5.01 Å². The number of hydrogen-bond acceptors (Lipinski definition) is 4. The van der Waals surface area contributed by atoms with Gasteiger partial charge in [-0.05, 0) is 31.2 Å². The van der Waals surface area contributed by atoms with Crippen LogP contribution in [-0.4, -0.2) is 16.7 Å². The van der Waals surface area contributed by atoms with Crippen LogP contribution in [0.2, 0.25) is 0 Å². The molecule has 0 spiro atoms. The van der Waals surface area contributed by atoms with Crippen LogP contribution >= 0.6 is 11.3 Å². The van der Waals surface area contributed by atoms with Crippen molar-refractivity contribution in [2.24, 2.45) is 0 Å². The first-order chi connectivity index (χ1) is 8.70. The maximum absolute atomic E-state index is 13.5. The number of rotatable bonds is 5. The van der Waals surface area contributed by atoms with Crippen molar-refractivity contribution < 1.29 is 8.78 Å². The SMILES string of the molecule is CCCNCc1nnc(-c2cc(F)ccc2F)s1. The second-order valence-electron chi connectivity index (χ2n) is 3.80. The fourth-order valence-electron chi connectivity index (χ4n) is 1.47. The second-order valence-corrected chi connectivity index (χ2v) is 4.86. The van der Waals surface area contributed by atoms with Crippen molar-refractivity contribution in [1.29, 1.82) is 0 Å². The van der Waals surface area contributed by atoms with Crippen molar-refractivity contribution in [2.45, 2.75) is 19.9 Å². The van der Waals surface area contributed by atoms with Crippen molar-refractivity contribution in [2.75, 3.05) is 6.54 Å². The van der Waals surface area contributed by atoms with E-state index in [9.17, 15) is 8.78 Å². The zero-order valence-corrected chi connectivity index (χ0v) is 10.7. The average molecular weight is 269 g/mol. The third-order valence-electron chi connectivity index (χ3n) is 2.33. The molecule has 18 heavy (non-hydrogen) atoms. The molecular weight excluding hydrogens is 256 g/mol. The molecule has 0 unspecified atom stereocenters. The lowest BCUT2D eigenvalue weighted by Crippen LogP contribution is -2.13. The summed E-state index contributed by atoms with van der Waals surface area (Å²) in [6.45, 7) is 3.56. The van der Waals surface area contributed by atoms with E-state index in [4.69, 9.17) is 0 Å². The fraction of sp³-hybridized carbons (Fsp3) is 0.333. The van der Waals surface area contributed by atoms with Crippen LogP contribution in [0.1, 0.15) is 18.4 Å². The Labute approximate surface area is 108 Å². The number of benzene rings is 1. The average Bonchev–Trinajstić information content (AvgIpc) is 2.81. The van der Waals surface area contributed by atoms with Gasteiger partial charge in [-0.25, -0.2) is 8.78 Å². The Bertz CT molecular complexity index is 528. The number of nitrogens with one attached hydrogen (secondary N) is 1. The highest BCUT2D eigenvalue weighted by atomic mass is 32.1. The van der Waals surface area contributed by atoms with Crippen LogP contribution in [0.5, 0.6) is 0 Å². The molecule has 96 valence electrons. The van der Waals surface area contributed by atoms with Gasteiger partial charge in [0, 0.05) is 6.54 Å². The Hall–Kier alpha value is -1.40. The predicted molar refractivity (Wildman–Crippen MR) is 67.3 cm³/mol. The molecule has 0 aliphatic heterocycles. The quantitative estimate of drug-likeness (QED) is 0.848. The predicted octanol–water partition coefficient (Wildman–Crippen LogP) is 2.98. The van der Waals surface area contributed by atoms with Crippen LogP contribution in [0, 0.1) is 11.6 Å². The molecule has 1 N–H and O–H groups in total. The van der Waals surface area contributed by atoms with Crippen LogP contribution in [0.3, 0.4) is 0 Å². The van der Waals surface area contributed by atoms with Gasteiger partial charge in [-0.3, -0.25) is 0 Å². The van der Waals surface area contributed by atoms with Gasteiger partial charge in [-0.2, -0.15) is 0 Å². The fourth-order valence-corrected chi connectivity index (χ4v) is 2.29. The summed E-state index contributed by atoms with van der Waals surface area (Å²) in [4.78, 5) is 0. The number of aromatic nitrogens is 2. The van der Waals surface area contributed by atoms with Gasteiger partial charge in [0.05, 0.1) is 5.56 Å². The maximum atomic E-state index is 13.5. The summed E-state index contributed by atoms with van der Waals surface area (Å²) in [5.41, 5.74) is 0.161. The van der Waals surface area contributed by atoms with Gasteiger partial charge < -0.3 is 5.32 Å². The molecule has 6 heteroatoms. The van der Waals surface area contributed by atoms with Gasteiger partial charge in [0.25, 0.3) is 0 Å². The standard InChI is InChI=1S/C12H13F2N3S/c1-2-5-15-7-11-16-17-12(18-11)9-6-8(13)3-4-10(9)14/h3-4,6,15H,2,5,7H2,1H3. The van der Waals surface area contributed by atoms with Gasteiger partial charge in [-0.1, -0.05) is 18.3 Å². The van der Waals surface area contributed by atoms with Crippen molar-refractivity contribution in [3.63, 3.8) is 0 Å². The third-order valence-corrected chi connectivity index (χ3v) is 3.29. The van der Waals surface area contributed by atoms with E-state index in [2.05, 4.69) is 22.4 Å². The highest BCUT2D eigenvalue weighted by molar-refractivity contribution is 7.14. The normalized spacial score (nSPS) is 10.8. The van der Waals surface area contributed by atoms with Crippen LogP contribution in [0.4, 0.5) is 8.78 Å². The van der Waals surface area contributed by atoms with Crippen molar-refractivity contribution >= 4 is 11.3 Å². The maximum Gasteiger partial charge on any atom is 0.150 e. The van der Waals surface area contributed by atoms with E-state index >= 15 is 0 Å². The zero-order valence-electron chi connectivity index (χ0n) is 9.91. The minimum atomic E-state index is -0.486. The van der Waals surface area contributed by atoms with E-state index in [-0.39, 0.29) is 5.56 Å². The highest BCUT2D eigenvalue weighted by Crippen LogP contribution is 2.26. The smallest absolute Gasteiger partial charge is 0.150 e. The van der Waals surface area contributed by atoms with Crippen molar-refractivity contribution in [3.05, 3.63) is 34.8 Å². The van der Waals surface area contributed by atoms with Crippen LogP contribution in [0.25, 0.3) is 10.6 Å². The molecule has 0 saturated carbocycles. The Morgan fingerprint density at radius 1 is 1.28 bits per heavy atom. The summed E-state index contributed by atoms with van der Waals surface area (Å²) in [6.07, 6.45) is 1.03. The molecule has 2 aromatic rings. The van der Waals surface area contributed by atoms with Gasteiger partial charge in [-0.15, -0.1) is 10.2 Å². The lowest BCUT2D eigenvalue weighted by Gasteiger charge is -1.98. The molecule has 3 nitrogen and oxygen atoms in total. The molecule has 0 saturated heterocycles. The zero-order chi connectivity index (χ0) is 13.0. The number of hydrogen-bond donors (Lipinski definition) is 1. The largest absolute Gasteiger partial charge is 0.310 e. The molecular formula is C12H13F2N3S. The molecule has 0 amide bonds. The summed E-state index contributed by atoms with van der Waals surface area (Å²) in [5, 5.41) is 12.2. The molecule has 0 aliphatic carbocycles. The van der Waals surface area contributed by atoms with Gasteiger partial charge in [0.2, 0.25) is 0 Å². The van der Waals surface area contributed by atoms with Crippen LogP contribution in [-0.2, 0) is 6.54 Å². The highest BCUT2D eigenvalue weighted by Gasteiger charge is 2.12. The topological polar surface area (TPSA) is 37.8 Å². The molecule has 1 aromatic carbocycles. The molecule has 0 aliphatic rings. The Morgan fingerprint density at radius 3 is 2.89 bits per heavy atom. The third kappa shape index (κ3) is 3.08. The van der Waals surface area contributed by atoms with Gasteiger partial charge in [0.1, 0.15) is 16.6 Å². The van der Waals surface area contributed by atoms with Gasteiger partial charge >= 0.3 is 0 Å². The molecule has 0 fully saturated rings.